The molecule has 0 spiro atoms. The summed E-state index contributed by atoms with van der Waals surface area (Å²) in [6.07, 6.45) is 3.61. The molecule has 1 aliphatic heterocycles. The number of hydrogen-bond donors (Lipinski definition) is 1. The zero-order chi connectivity index (χ0) is 21.6. The van der Waals surface area contributed by atoms with Gasteiger partial charge in [-0.2, -0.15) is 0 Å². The van der Waals surface area contributed by atoms with Crippen LogP contribution in [0.25, 0.3) is 5.69 Å². The van der Waals surface area contributed by atoms with E-state index >= 15 is 0 Å². The normalized spacial score (nSPS) is 14.8. The van der Waals surface area contributed by atoms with Gasteiger partial charge >= 0.3 is 0 Å². The van der Waals surface area contributed by atoms with E-state index in [1.165, 1.54) is 11.8 Å². The number of morpholine rings is 1. The summed E-state index contributed by atoms with van der Waals surface area (Å²) in [7, 11) is 1.64. The second-order valence-electron chi connectivity index (χ2n) is 7.18. The van der Waals surface area contributed by atoms with Crippen molar-refractivity contribution < 1.29 is 14.3 Å². The third-order valence-corrected chi connectivity index (χ3v) is 6.18. The summed E-state index contributed by atoms with van der Waals surface area (Å²) in [5.74, 6) is 0.706. The van der Waals surface area contributed by atoms with Crippen LogP contribution in [-0.4, -0.2) is 54.1 Å². The highest BCUT2D eigenvalue weighted by Crippen LogP contribution is 2.27. The Bertz CT molecular complexity index is 1020. The third kappa shape index (κ3) is 5.21. The van der Waals surface area contributed by atoms with Gasteiger partial charge in [0.25, 0.3) is 0 Å². The summed E-state index contributed by atoms with van der Waals surface area (Å²) < 4.78 is 12.7. The van der Waals surface area contributed by atoms with Gasteiger partial charge in [-0.05, 0) is 43.3 Å². The number of methoxy groups -OCH3 is 1. The number of nitrogens with one attached hydrogen (secondary N) is 1. The molecule has 1 aliphatic rings. The number of carbonyl (C=O) groups is 1. The van der Waals surface area contributed by atoms with Crippen molar-refractivity contribution in [2.24, 2.45) is 0 Å². The van der Waals surface area contributed by atoms with Gasteiger partial charge in [0.05, 0.1) is 31.3 Å². The van der Waals surface area contributed by atoms with Crippen LogP contribution in [-0.2, 0) is 9.53 Å². The van der Waals surface area contributed by atoms with Gasteiger partial charge in [0.15, 0.2) is 5.16 Å². The van der Waals surface area contributed by atoms with Crippen molar-refractivity contribution in [1.29, 1.82) is 0 Å². The first kappa shape index (κ1) is 21.3. The molecular weight excluding hydrogens is 412 g/mol. The van der Waals surface area contributed by atoms with E-state index < -0.39 is 0 Å². The second kappa shape index (κ2) is 9.89. The first-order valence-corrected chi connectivity index (χ1v) is 11.1. The molecule has 0 aliphatic carbocycles. The molecule has 7 nitrogen and oxygen atoms in total. The van der Waals surface area contributed by atoms with E-state index in [2.05, 4.69) is 15.2 Å². The van der Waals surface area contributed by atoms with E-state index in [0.717, 1.165) is 54.3 Å². The van der Waals surface area contributed by atoms with E-state index in [1.807, 2.05) is 66.2 Å². The molecule has 1 atom stereocenters. The maximum atomic E-state index is 12.8. The molecule has 4 rings (SSSR count). The summed E-state index contributed by atoms with van der Waals surface area (Å²) in [5.41, 5.74) is 2.86. The Kier molecular flexibility index (Phi) is 6.79. The van der Waals surface area contributed by atoms with Crippen molar-refractivity contribution in [3.63, 3.8) is 0 Å². The van der Waals surface area contributed by atoms with E-state index in [0.29, 0.717) is 0 Å². The molecule has 1 fully saturated rings. The highest BCUT2D eigenvalue weighted by molar-refractivity contribution is 8.00. The first-order chi connectivity index (χ1) is 15.1. The minimum atomic E-state index is -0.314. The fraction of sp³-hybridized carbons (Fsp3) is 0.304. The maximum Gasteiger partial charge on any atom is 0.237 e. The van der Waals surface area contributed by atoms with Gasteiger partial charge in [0.1, 0.15) is 5.75 Å². The summed E-state index contributed by atoms with van der Waals surface area (Å²) >= 11 is 1.42. The van der Waals surface area contributed by atoms with Gasteiger partial charge in [-0.25, -0.2) is 4.98 Å². The number of nitrogens with zero attached hydrogens (tertiary/aromatic N) is 3. The quantitative estimate of drug-likeness (QED) is 0.566. The Hall–Kier alpha value is -2.97. The lowest BCUT2D eigenvalue weighted by Gasteiger charge is -2.28. The number of hydrogen-bond acceptors (Lipinski definition) is 6. The molecule has 8 heteroatoms. The molecule has 0 bridgehead atoms. The zero-order valence-electron chi connectivity index (χ0n) is 17.7. The van der Waals surface area contributed by atoms with Gasteiger partial charge in [0, 0.05) is 42.9 Å². The smallest absolute Gasteiger partial charge is 0.237 e. The molecule has 1 N–H and O–H groups in total. The number of anilines is 2. The number of aromatic nitrogens is 2. The lowest BCUT2D eigenvalue weighted by molar-refractivity contribution is -0.115. The van der Waals surface area contributed by atoms with Crippen molar-refractivity contribution in [2.75, 3.05) is 43.6 Å². The average molecular weight is 439 g/mol. The van der Waals surface area contributed by atoms with Crippen LogP contribution in [0.5, 0.6) is 5.75 Å². The van der Waals surface area contributed by atoms with Crippen LogP contribution in [0.15, 0.2) is 66.1 Å². The van der Waals surface area contributed by atoms with Gasteiger partial charge < -0.3 is 19.7 Å². The number of amides is 1. The Balaban J connectivity index is 1.39. The second-order valence-corrected chi connectivity index (χ2v) is 8.48. The Morgan fingerprint density at radius 3 is 2.68 bits per heavy atom. The fourth-order valence-corrected chi connectivity index (χ4v) is 4.25. The van der Waals surface area contributed by atoms with Gasteiger partial charge in [-0.1, -0.05) is 17.8 Å². The van der Waals surface area contributed by atoms with Crippen molar-refractivity contribution in [3.8, 4) is 11.4 Å². The fourth-order valence-electron chi connectivity index (χ4n) is 3.37. The van der Waals surface area contributed by atoms with Gasteiger partial charge in [0.2, 0.25) is 5.91 Å². The highest BCUT2D eigenvalue weighted by Gasteiger charge is 2.18. The summed E-state index contributed by atoms with van der Waals surface area (Å²) in [4.78, 5) is 19.5. The van der Waals surface area contributed by atoms with Crippen molar-refractivity contribution in [1.82, 2.24) is 9.55 Å². The van der Waals surface area contributed by atoms with E-state index in [-0.39, 0.29) is 11.2 Å². The molecule has 31 heavy (non-hydrogen) atoms. The largest absolute Gasteiger partial charge is 0.497 e. The van der Waals surface area contributed by atoms with Crippen LogP contribution in [0.2, 0.25) is 0 Å². The molecule has 3 aromatic rings. The first-order valence-electron chi connectivity index (χ1n) is 10.2. The summed E-state index contributed by atoms with van der Waals surface area (Å²) in [6, 6.07) is 15.7. The van der Waals surface area contributed by atoms with Crippen LogP contribution in [0.3, 0.4) is 0 Å². The predicted octanol–water partition coefficient (Wildman–Crippen LogP) is 3.84. The molecule has 2 heterocycles. The number of ether oxygens (including phenoxy) is 2. The molecule has 0 saturated carbocycles. The Labute approximate surface area is 186 Å². The number of imidazole rings is 1. The van der Waals surface area contributed by atoms with Crippen LogP contribution in [0, 0.1) is 0 Å². The lowest BCUT2D eigenvalue weighted by atomic mass is 10.2. The van der Waals surface area contributed by atoms with E-state index in [9.17, 15) is 4.79 Å². The van der Waals surface area contributed by atoms with Crippen LogP contribution < -0.4 is 15.0 Å². The number of thioether (sulfide) groups is 1. The molecule has 162 valence electrons. The monoisotopic (exact) mass is 438 g/mol. The van der Waals surface area contributed by atoms with Crippen molar-refractivity contribution in [3.05, 3.63) is 60.9 Å². The zero-order valence-corrected chi connectivity index (χ0v) is 18.5. The van der Waals surface area contributed by atoms with Gasteiger partial charge in [-0.15, -0.1) is 0 Å². The van der Waals surface area contributed by atoms with Crippen molar-refractivity contribution in [2.45, 2.75) is 17.3 Å². The van der Waals surface area contributed by atoms with Crippen molar-refractivity contribution >= 4 is 29.0 Å². The molecule has 1 saturated heterocycles. The lowest BCUT2D eigenvalue weighted by Crippen LogP contribution is -2.36. The predicted molar refractivity (Wildman–Crippen MR) is 124 cm³/mol. The average Bonchev–Trinajstić information content (AvgIpc) is 3.28. The number of benzene rings is 2. The minimum absolute atomic E-state index is 0.0654. The molecule has 1 unspecified atom stereocenters. The Morgan fingerprint density at radius 2 is 1.94 bits per heavy atom. The summed E-state index contributed by atoms with van der Waals surface area (Å²) in [6.45, 7) is 5.16. The standard InChI is InChI=1S/C23H26N4O3S/c1-17(31-23-24-10-11-27(23)20-4-3-5-21(16-20)29-2)22(28)25-18-6-8-19(9-7-18)26-12-14-30-15-13-26/h3-11,16-17H,12-15H2,1-2H3,(H,25,28). The van der Waals surface area contributed by atoms with Crippen LogP contribution >= 0.6 is 11.8 Å². The molecule has 1 aromatic heterocycles. The SMILES string of the molecule is COc1cccc(-n2ccnc2SC(C)C(=O)Nc2ccc(N3CCOCC3)cc2)c1. The Morgan fingerprint density at radius 1 is 1.16 bits per heavy atom. The van der Waals surface area contributed by atoms with Crippen LogP contribution in [0.4, 0.5) is 11.4 Å². The maximum absolute atomic E-state index is 12.8. The van der Waals surface area contributed by atoms with Crippen LogP contribution in [0.1, 0.15) is 6.92 Å². The number of rotatable bonds is 7. The summed E-state index contributed by atoms with van der Waals surface area (Å²) in [5, 5.41) is 3.44. The minimum Gasteiger partial charge on any atom is -0.497 e. The molecule has 1 amide bonds. The van der Waals surface area contributed by atoms with Gasteiger partial charge in [-0.3, -0.25) is 9.36 Å². The molecule has 2 aromatic carbocycles. The van der Waals surface area contributed by atoms with E-state index in [4.69, 9.17) is 9.47 Å². The highest BCUT2D eigenvalue weighted by atomic mass is 32.2. The third-order valence-electron chi connectivity index (χ3n) is 5.10. The molecular formula is C23H26N4O3S. The number of carbonyl (C=O) groups excluding carboxylic acids is 1. The molecule has 0 radical (unpaired) electrons. The topological polar surface area (TPSA) is 68.6 Å². The van der Waals surface area contributed by atoms with E-state index in [1.54, 1.807) is 13.3 Å².